The number of aryl methyl sites for hydroxylation is 1. The van der Waals surface area contributed by atoms with Crippen molar-refractivity contribution in [1.29, 1.82) is 0 Å². The van der Waals surface area contributed by atoms with Gasteiger partial charge >= 0.3 is 0 Å². The lowest BCUT2D eigenvalue weighted by Crippen LogP contribution is -2.15. The van der Waals surface area contributed by atoms with Crippen LogP contribution in [0.4, 0.5) is 5.69 Å². The fourth-order valence-electron chi connectivity index (χ4n) is 2.58. The van der Waals surface area contributed by atoms with Crippen LogP contribution in [0.25, 0.3) is 5.65 Å². The highest BCUT2D eigenvalue weighted by atomic mass is 16.5. The number of hydrogen-bond acceptors (Lipinski definition) is 4. The van der Waals surface area contributed by atoms with Gasteiger partial charge in [0.15, 0.2) is 11.4 Å². The quantitative estimate of drug-likeness (QED) is 0.782. The molecule has 0 saturated carbocycles. The molecule has 0 fully saturated rings. The molecule has 2 heterocycles. The molecule has 0 bridgehead atoms. The zero-order valence-corrected chi connectivity index (χ0v) is 13.9. The zero-order valence-electron chi connectivity index (χ0n) is 13.9. The predicted molar refractivity (Wildman–Crippen MR) is 92.0 cm³/mol. The molecular formula is C18H19N3O3. The number of carbonyl (C=O) groups excluding carboxylic acids is 1. The minimum Gasteiger partial charge on any atom is -0.494 e. The molecule has 124 valence electrons. The molecule has 0 aliphatic rings. The first-order valence-electron chi connectivity index (χ1n) is 7.70. The van der Waals surface area contributed by atoms with E-state index in [0.717, 1.165) is 5.75 Å². The molecule has 6 heteroatoms. The molecule has 0 aliphatic heterocycles. The van der Waals surface area contributed by atoms with E-state index >= 15 is 0 Å². The van der Waals surface area contributed by atoms with Crippen LogP contribution in [-0.4, -0.2) is 29.0 Å². The van der Waals surface area contributed by atoms with Gasteiger partial charge in [-0.1, -0.05) is 0 Å². The summed E-state index contributed by atoms with van der Waals surface area (Å²) in [7, 11) is 1.58. The molecule has 2 aromatic heterocycles. The second kappa shape index (κ2) is 6.62. The zero-order chi connectivity index (χ0) is 17.1. The summed E-state index contributed by atoms with van der Waals surface area (Å²) < 4.78 is 12.4. The first-order valence-corrected chi connectivity index (χ1v) is 7.70. The Kier molecular flexibility index (Phi) is 4.37. The number of rotatable bonds is 5. The van der Waals surface area contributed by atoms with E-state index < -0.39 is 0 Å². The third-order valence-electron chi connectivity index (χ3n) is 3.65. The standard InChI is InChI=1S/C18H19N3O3/c1-4-24-14-9-7-13(8-10-14)20-18(22)16-12(2)19-17-15(23-3)6-5-11-21(16)17/h5-11H,4H2,1-3H3,(H,20,22). The highest BCUT2D eigenvalue weighted by molar-refractivity contribution is 6.04. The van der Waals surface area contributed by atoms with Crippen molar-refractivity contribution in [1.82, 2.24) is 9.38 Å². The van der Waals surface area contributed by atoms with Crippen molar-refractivity contribution < 1.29 is 14.3 Å². The molecular weight excluding hydrogens is 306 g/mol. The summed E-state index contributed by atoms with van der Waals surface area (Å²) in [6.07, 6.45) is 1.80. The average molecular weight is 325 g/mol. The van der Waals surface area contributed by atoms with Gasteiger partial charge in [0.1, 0.15) is 11.4 Å². The number of ether oxygens (including phenoxy) is 2. The van der Waals surface area contributed by atoms with Crippen molar-refractivity contribution >= 4 is 17.2 Å². The number of aromatic nitrogens is 2. The van der Waals surface area contributed by atoms with Gasteiger partial charge in [0.2, 0.25) is 0 Å². The lowest BCUT2D eigenvalue weighted by molar-refractivity contribution is 0.102. The van der Waals surface area contributed by atoms with E-state index in [2.05, 4.69) is 10.3 Å². The number of amides is 1. The number of hydrogen-bond donors (Lipinski definition) is 1. The number of nitrogens with zero attached hydrogens (tertiary/aromatic N) is 2. The van der Waals surface area contributed by atoms with Gasteiger partial charge < -0.3 is 14.8 Å². The van der Waals surface area contributed by atoms with E-state index in [-0.39, 0.29) is 5.91 Å². The summed E-state index contributed by atoms with van der Waals surface area (Å²) in [4.78, 5) is 17.1. The van der Waals surface area contributed by atoms with Crippen molar-refractivity contribution in [2.24, 2.45) is 0 Å². The Hall–Kier alpha value is -3.02. The fourth-order valence-corrected chi connectivity index (χ4v) is 2.58. The summed E-state index contributed by atoms with van der Waals surface area (Å²) in [6.45, 7) is 4.34. The Morgan fingerprint density at radius 1 is 1.25 bits per heavy atom. The summed E-state index contributed by atoms with van der Waals surface area (Å²) in [6, 6.07) is 10.9. The third kappa shape index (κ3) is 2.90. The van der Waals surface area contributed by atoms with Crippen LogP contribution in [0.5, 0.6) is 11.5 Å². The van der Waals surface area contributed by atoms with Gasteiger partial charge in [-0.25, -0.2) is 4.98 Å². The van der Waals surface area contributed by atoms with Crippen molar-refractivity contribution in [3.05, 3.63) is 54.0 Å². The number of imidazole rings is 1. The maximum atomic E-state index is 12.7. The monoisotopic (exact) mass is 325 g/mol. The molecule has 0 aliphatic carbocycles. The van der Waals surface area contributed by atoms with Gasteiger partial charge in [0.25, 0.3) is 5.91 Å². The molecule has 3 rings (SSSR count). The third-order valence-corrected chi connectivity index (χ3v) is 3.65. The second-order valence-corrected chi connectivity index (χ2v) is 5.23. The molecule has 0 unspecified atom stereocenters. The molecule has 6 nitrogen and oxygen atoms in total. The largest absolute Gasteiger partial charge is 0.494 e. The van der Waals surface area contributed by atoms with Gasteiger partial charge in [-0.05, 0) is 50.2 Å². The molecule has 24 heavy (non-hydrogen) atoms. The maximum absolute atomic E-state index is 12.7. The van der Waals surface area contributed by atoms with Crippen LogP contribution >= 0.6 is 0 Å². The number of fused-ring (bicyclic) bond motifs is 1. The smallest absolute Gasteiger partial charge is 0.274 e. The summed E-state index contributed by atoms with van der Waals surface area (Å²) in [5.41, 5.74) is 2.44. The molecule has 1 aromatic carbocycles. The summed E-state index contributed by atoms with van der Waals surface area (Å²) in [5, 5.41) is 2.89. The van der Waals surface area contributed by atoms with Gasteiger partial charge in [0, 0.05) is 11.9 Å². The molecule has 1 amide bonds. The Morgan fingerprint density at radius 2 is 2.00 bits per heavy atom. The minimum absolute atomic E-state index is 0.225. The lowest BCUT2D eigenvalue weighted by atomic mass is 10.2. The number of methoxy groups -OCH3 is 1. The SMILES string of the molecule is CCOc1ccc(NC(=O)c2c(C)nc3c(OC)cccn23)cc1. The summed E-state index contributed by atoms with van der Waals surface area (Å²) >= 11 is 0. The van der Waals surface area contributed by atoms with Gasteiger partial charge in [-0.2, -0.15) is 0 Å². The topological polar surface area (TPSA) is 64.9 Å². The molecule has 1 N–H and O–H groups in total. The molecule has 0 radical (unpaired) electrons. The van der Waals surface area contributed by atoms with Crippen LogP contribution in [0, 0.1) is 6.92 Å². The van der Waals surface area contributed by atoms with E-state index in [0.29, 0.717) is 35.1 Å². The number of nitrogens with one attached hydrogen (secondary N) is 1. The minimum atomic E-state index is -0.225. The fraction of sp³-hybridized carbons (Fsp3) is 0.222. The first kappa shape index (κ1) is 15.9. The van der Waals surface area contributed by atoms with Crippen LogP contribution < -0.4 is 14.8 Å². The van der Waals surface area contributed by atoms with Crippen LogP contribution in [0.2, 0.25) is 0 Å². The Labute approximate surface area is 140 Å². The first-order chi connectivity index (χ1) is 11.6. The Morgan fingerprint density at radius 3 is 2.67 bits per heavy atom. The van der Waals surface area contributed by atoms with Gasteiger partial charge in [-0.15, -0.1) is 0 Å². The molecule has 0 spiro atoms. The van der Waals surface area contributed by atoms with Crippen LogP contribution in [0.3, 0.4) is 0 Å². The van der Waals surface area contributed by atoms with Crippen molar-refractivity contribution in [2.75, 3.05) is 19.0 Å². The van der Waals surface area contributed by atoms with E-state index in [1.54, 1.807) is 24.6 Å². The van der Waals surface area contributed by atoms with Crippen LogP contribution in [0.1, 0.15) is 23.1 Å². The number of pyridine rings is 1. The Bertz CT molecular complexity index is 869. The van der Waals surface area contributed by atoms with Crippen LogP contribution in [0.15, 0.2) is 42.6 Å². The van der Waals surface area contributed by atoms with Gasteiger partial charge in [-0.3, -0.25) is 9.20 Å². The van der Waals surface area contributed by atoms with Crippen molar-refractivity contribution in [3.63, 3.8) is 0 Å². The Balaban J connectivity index is 1.90. The predicted octanol–water partition coefficient (Wildman–Crippen LogP) is 3.30. The second-order valence-electron chi connectivity index (χ2n) is 5.23. The van der Waals surface area contributed by atoms with E-state index in [1.807, 2.05) is 43.3 Å². The normalized spacial score (nSPS) is 10.6. The highest BCUT2D eigenvalue weighted by Gasteiger charge is 2.18. The maximum Gasteiger partial charge on any atom is 0.274 e. The molecule has 0 saturated heterocycles. The average Bonchev–Trinajstić information content (AvgIpc) is 2.92. The number of benzene rings is 1. The van der Waals surface area contributed by atoms with Crippen molar-refractivity contribution in [3.8, 4) is 11.5 Å². The molecule has 0 atom stereocenters. The lowest BCUT2D eigenvalue weighted by Gasteiger charge is -2.08. The van der Waals surface area contributed by atoms with E-state index in [1.165, 1.54) is 0 Å². The highest BCUT2D eigenvalue weighted by Crippen LogP contribution is 2.23. The number of anilines is 1. The van der Waals surface area contributed by atoms with Gasteiger partial charge in [0.05, 0.1) is 19.4 Å². The van der Waals surface area contributed by atoms with E-state index in [9.17, 15) is 4.79 Å². The van der Waals surface area contributed by atoms with E-state index in [4.69, 9.17) is 9.47 Å². The van der Waals surface area contributed by atoms with Crippen LogP contribution in [-0.2, 0) is 0 Å². The van der Waals surface area contributed by atoms with Crippen molar-refractivity contribution in [2.45, 2.75) is 13.8 Å². The molecule has 3 aromatic rings. The number of carbonyl (C=O) groups is 1. The summed E-state index contributed by atoms with van der Waals surface area (Å²) in [5.74, 6) is 1.17.